The molecule has 3 nitrogen and oxygen atoms in total. The fourth-order valence-electron chi connectivity index (χ4n) is 0.627. The molecule has 52 valence electrons. The van der Waals surface area contributed by atoms with Crippen molar-refractivity contribution in [1.82, 2.24) is 5.48 Å². The molecule has 0 spiro atoms. The lowest BCUT2D eigenvalue weighted by molar-refractivity contribution is 0.0785. The Labute approximate surface area is 54.8 Å². The molecule has 0 aromatic rings. The molecular formula is C6H12N2O. The summed E-state index contributed by atoms with van der Waals surface area (Å²) in [6.07, 6.45) is 3.39. The van der Waals surface area contributed by atoms with Crippen molar-refractivity contribution in [3.05, 3.63) is 12.3 Å². The summed E-state index contributed by atoms with van der Waals surface area (Å²) in [7, 11) is 0. The van der Waals surface area contributed by atoms with E-state index in [-0.39, 0.29) is 0 Å². The molecule has 1 aliphatic heterocycles. The van der Waals surface area contributed by atoms with Crippen molar-refractivity contribution < 1.29 is 4.84 Å². The third-order valence-electron chi connectivity index (χ3n) is 1.60. The molecule has 1 heterocycles. The van der Waals surface area contributed by atoms with E-state index in [1.54, 1.807) is 6.26 Å². The lowest BCUT2D eigenvalue weighted by Crippen LogP contribution is -2.52. The van der Waals surface area contributed by atoms with Gasteiger partial charge in [0.2, 0.25) is 0 Å². The van der Waals surface area contributed by atoms with Crippen LogP contribution in [0.25, 0.3) is 0 Å². The maximum absolute atomic E-state index is 5.78. The molecule has 3 heteroatoms. The summed E-state index contributed by atoms with van der Waals surface area (Å²) < 4.78 is 0. The molecule has 9 heavy (non-hydrogen) atoms. The molecule has 1 atom stereocenters. The van der Waals surface area contributed by atoms with E-state index in [0.717, 1.165) is 0 Å². The Morgan fingerprint density at radius 3 is 2.56 bits per heavy atom. The van der Waals surface area contributed by atoms with Crippen LogP contribution in [0.4, 0.5) is 0 Å². The highest BCUT2D eigenvalue weighted by Gasteiger charge is 2.29. The van der Waals surface area contributed by atoms with Gasteiger partial charge in [-0.2, -0.15) is 0 Å². The number of hydrogen-bond acceptors (Lipinski definition) is 3. The number of hydrogen-bond donors (Lipinski definition) is 2. The summed E-state index contributed by atoms with van der Waals surface area (Å²) in [6.45, 7) is 4.07. The lowest BCUT2D eigenvalue weighted by atomic mass is 9.99. The van der Waals surface area contributed by atoms with Crippen molar-refractivity contribution in [3.8, 4) is 0 Å². The molecule has 0 bridgehead atoms. The molecule has 1 aliphatic rings. The topological polar surface area (TPSA) is 47.3 Å². The molecule has 0 amide bonds. The van der Waals surface area contributed by atoms with E-state index in [0.29, 0.717) is 5.92 Å². The van der Waals surface area contributed by atoms with Crippen LogP contribution >= 0.6 is 0 Å². The maximum Gasteiger partial charge on any atom is 0.125 e. The second-order valence-electron chi connectivity index (χ2n) is 2.61. The molecule has 0 aromatic carbocycles. The van der Waals surface area contributed by atoms with Crippen LogP contribution in [0.5, 0.6) is 0 Å². The van der Waals surface area contributed by atoms with E-state index >= 15 is 0 Å². The summed E-state index contributed by atoms with van der Waals surface area (Å²) in [5.41, 5.74) is 8.02. The second kappa shape index (κ2) is 2.01. The van der Waals surface area contributed by atoms with E-state index in [4.69, 9.17) is 10.6 Å². The smallest absolute Gasteiger partial charge is 0.125 e. The zero-order valence-corrected chi connectivity index (χ0v) is 5.72. The minimum Gasteiger partial charge on any atom is -0.415 e. The van der Waals surface area contributed by atoms with Crippen LogP contribution in [0.2, 0.25) is 0 Å². The standard InChI is InChI=1S/C6H12N2O/c1-5(2)6(7)3-4-9-8-6/h3-5,8H,7H2,1-2H3. The first-order valence-corrected chi connectivity index (χ1v) is 3.04. The average molecular weight is 128 g/mol. The number of hydroxylamine groups is 1. The highest BCUT2D eigenvalue weighted by Crippen LogP contribution is 2.15. The van der Waals surface area contributed by atoms with Gasteiger partial charge in [0, 0.05) is 0 Å². The Hall–Kier alpha value is -0.540. The summed E-state index contributed by atoms with van der Waals surface area (Å²) in [5.74, 6) is 0.344. The highest BCUT2D eigenvalue weighted by atomic mass is 16.6. The normalized spacial score (nSPS) is 33.3. The van der Waals surface area contributed by atoms with E-state index in [2.05, 4.69) is 5.48 Å². The summed E-state index contributed by atoms with van der Waals surface area (Å²) in [5, 5.41) is 0. The van der Waals surface area contributed by atoms with Crippen LogP contribution in [0.3, 0.4) is 0 Å². The molecule has 0 saturated heterocycles. The minimum absolute atomic E-state index is 0.344. The molecule has 3 N–H and O–H groups in total. The largest absolute Gasteiger partial charge is 0.415 e. The van der Waals surface area contributed by atoms with E-state index in [9.17, 15) is 0 Å². The van der Waals surface area contributed by atoms with Crippen molar-refractivity contribution in [3.63, 3.8) is 0 Å². The summed E-state index contributed by atoms with van der Waals surface area (Å²) in [4.78, 5) is 4.77. The van der Waals surface area contributed by atoms with Crippen molar-refractivity contribution in [2.24, 2.45) is 11.7 Å². The molecule has 0 fully saturated rings. The Bertz CT molecular complexity index is 133. The van der Waals surface area contributed by atoms with Gasteiger partial charge in [0.1, 0.15) is 11.9 Å². The van der Waals surface area contributed by atoms with Gasteiger partial charge in [-0.1, -0.05) is 13.8 Å². The van der Waals surface area contributed by atoms with Gasteiger partial charge in [0.25, 0.3) is 0 Å². The monoisotopic (exact) mass is 128 g/mol. The number of nitrogens with two attached hydrogens (primary N) is 1. The van der Waals surface area contributed by atoms with E-state index < -0.39 is 5.66 Å². The van der Waals surface area contributed by atoms with Crippen LogP contribution in [0, 0.1) is 5.92 Å². The van der Waals surface area contributed by atoms with Crippen LogP contribution in [0.1, 0.15) is 13.8 Å². The van der Waals surface area contributed by atoms with Gasteiger partial charge in [0.15, 0.2) is 0 Å². The Morgan fingerprint density at radius 1 is 1.67 bits per heavy atom. The molecule has 0 aliphatic carbocycles. The summed E-state index contributed by atoms with van der Waals surface area (Å²) >= 11 is 0. The Kier molecular flexibility index (Phi) is 1.47. The van der Waals surface area contributed by atoms with Crippen molar-refractivity contribution in [2.75, 3.05) is 0 Å². The fourth-order valence-corrected chi connectivity index (χ4v) is 0.627. The third kappa shape index (κ3) is 1.06. The van der Waals surface area contributed by atoms with E-state index in [1.165, 1.54) is 0 Å². The van der Waals surface area contributed by atoms with E-state index in [1.807, 2.05) is 19.9 Å². The zero-order chi connectivity index (χ0) is 6.91. The van der Waals surface area contributed by atoms with Gasteiger partial charge in [-0.05, 0) is 12.0 Å². The van der Waals surface area contributed by atoms with Crippen molar-refractivity contribution in [2.45, 2.75) is 19.5 Å². The molecule has 1 rings (SSSR count). The second-order valence-corrected chi connectivity index (χ2v) is 2.61. The van der Waals surface area contributed by atoms with Gasteiger partial charge in [-0.25, -0.2) is 0 Å². The quantitative estimate of drug-likeness (QED) is 0.535. The molecule has 0 saturated carbocycles. The Morgan fingerprint density at radius 2 is 2.33 bits per heavy atom. The van der Waals surface area contributed by atoms with Crippen molar-refractivity contribution >= 4 is 0 Å². The first-order valence-electron chi connectivity index (χ1n) is 3.04. The first kappa shape index (κ1) is 6.58. The van der Waals surface area contributed by atoms with Gasteiger partial charge < -0.3 is 10.6 Å². The predicted molar refractivity (Wildman–Crippen MR) is 35.1 cm³/mol. The average Bonchev–Trinajstić information content (AvgIpc) is 2.16. The van der Waals surface area contributed by atoms with Crippen molar-refractivity contribution in [1.29, 1.82) is 0 Å². The maximum atomic E-state index is 5.78. The van der Waals surface area contributed by atoms with Crippen LogP contribution < -0.4 is 11.2 Å². The molecular weight excluding hydrogens is 116 g/mol. The zero-order valence-electron chi connectivity index (χ0n) is 5.72. The van der Waals surface area contributed by atoms with Gasteiger partial charge >= 0.3 is 0 Å². The predicted octanol–water partition coefficient (Wildman–Crippen LogP) is 0.346. The van der Waals surface area contributed by atoms with Crippen LogP contribution in [-0.4, -0.2) is 5.66 Å². The van der Waals surface area contributed by atoms with Gasteiger partial charge in [-0.15, -0.1) is 5.48 Å². The first-order chi connectivity index (χ1) is 4.15. The van der Waals surface area contributed by atoms with Crippen LogP contribution in [-0.2, 0) is 4.84 Å². The highest BCUT2D eigenvalue weighted by molar-refractivity contribution is 5.04. The molecule has 0 radical (unpaired) electrons. The lowest BCUT2D eigenvalue weighted by Gasteiger charge is -2.24. The van der Waals surface area contributed by atoms with Crippen LogP contribution in [0.15, 0.2) is 12.3 Å². The number of rotatable bonds is 1. The minimum atomic E-state index is -0.458. The molecule has 0 aromatic heterocycles. The van der Waals surface area contributed by atoms with Gasteiger partial charge in [-0.3, -0.25) is 0 Å². The fraction of sp³-hybridized carbons (Fsp3) is 0.667. The summed E-state index contributed by atoms with van der Waals surface area (Å²) in [6, 6.07) is 0. The SMILES string of the molecule is CC(C)C1(N)C=CON1. The van der Waals surface area contributed by atoms with Gasteiger partial charge in [0.05, 0.1) is 0 Å². The molecule has 1 unspecified atom stereocenters. The third-order valence-corrected chi connectivity index (χ3v) is 1.60. The number of nitrogens with one attached hydrogen (secondary N) is 1. The Balaban J connectivity index is 2.62.